The van der Waals surface area contributed by atoms with Crippen LogP contribution in [0.25, 0.3) is 0 Å². The zero-order valence-corrected chi connectivity index (χ0v) is 16.4. The predicted octanol–water partition coefficient (Wildman–Crippen LogP) is 2.70. The molecule has 1 amide bonds. The standard InChI is InChI=1S/C21H26N2O3S/c1-27(25,26)23-14-8-13-22(15-16-23)21(24)17-20(18-9-4-2-5-10-18)19-11-6-3-7-12-19/h2-7,9-12,20H,8,13-17H2,1H3. The molecule has 2 aromatic rings. The zero-order valence-electron chi connectivity index (χ0n) is 15.6. The topological polar surface area (TPSA) is 57.7 Å². The maximum Gasteiger partial charge on any atom is 0.223 e. The lowest BCUT2D eigenvalue weighted by Gasteiger charge is -2.24. The first-order chi connectivity index (χ1) is 12.9. The van der Waals surface area contributed by atoms with Crippen molar-refractivity contribution in [3.63, 3.8) is 0 Å². The molecule has 0 aliphatic carbocycles. The maximum atomic E-state index is 13.0. The van der Waals surface area contributed by atoms with Crippen LogP contribution in [0.3, 0.4) is 0 Å². The average molecular weight is 387 g/mol. The normalized spacial score (nSPS) is 16.3. The van der Waals surface area contributed by atoms with Crippen LogP contribution in [0.5, 0.6) is 0 Å². The van der Waals surface area contributed by atoms with Crippen LogP contribution < -0.4 is 0 Å². The summed E-state index contributed by atoms with van der Waals surface area (Å²) >= 11 is 0. The Morgan fingerprint density at radius 1 is 0.889 bits per heavy atom. The van der Waals surface area contributed by atoms with Crippen molar-refractivity contribution in [2.24, 2.45) is 0 Å². The van der Waals surface area contributed by atoms with E-state index in [-0.39, 0.29) is 11.8 Å². The molecule has 5 nitrogen and oxygen atoms in total. The predicted molar refractivity (Wildman–Crippen MR) is 107 cm³/mol. The van der Waals surface area contributed by atoms with E-state index in [1.54, 1.807) is 0 Å². The minimum absolute atomic E-state index is 0.00540. The summed E-state index contributed by atoms with van der Waals surface area (Å²) in [6.45, 7) is 1.89. The van der Waals surface area contributed by atoms with Crippen molar-refractivity contribution >= 4 is 15.9 Å². The lowest BCUT2D eigenvalue weighted by molar-refractivity contribution is -0.131. The fraction of sp³-hybridized carbons (Fsp3) is 0.381. The lowest BCUT2D eigenvalue weighted by Crippen LogP contribution is -2.37. The van der Waals surface area contributed by atoms with Gasteiger partial charge in [0.25, 0.3) is 0 Å². The molecule has 0 bridgehead atoms. The van der Waals surface area contributed by atoms with Gasteiger partial charge >= 0.3 is 0 Å². The number of rotatable bonds is 5. The number of amides is 1. The highest BCUT2D eigenvalue weighted by atomic mass is 32.2. The van der Waals surface area contributed by atoms with Gasteiger partial charge in [0.1, 0.15) is 0 Å². The second kappa shape index (κ2) is 8.67. The molecule has 0 N–H and O–H groups in total. The van der Waals surface area contributed by atoms with Gasteiger partial charge in [-0.25, -0.2) is 12.7 Å². The molecule has 1 fully saturated rings. The number of hydrogen-bond acceptors (Lipinski definition) is 3. The third-order valence-electron chi connectivity index (χ3n) is 5.06. The molecule has 1 aliphatic heterocycles. The van der Waals surface area contributed by atoms with Gasteiger partial charge in [0.2, 0.25) is 15.9 Å². The Morgan fingerprint density at radius 3 is 1.96 bits per heavy atom. The van der Waals surface area contributed by atoms with E-state index in [1.807, 2.05) is 41.3 Å². The Hall–Kier alpha value is -2.18. The van der Waals surface area contributed by atoms with E-state index in [1.165, 1.54) is 10.6 Å². The van der Waals surface area contributed by atoms with E-state index in [9.17, 15) is 13.2 Å². The van der Waals surface area contributed by atoms with E-state index in [2.05, 4.69) is 24.3 Å². The number of hydrogen-bond donors (Lipinski definition) is 0. The lowest BCUT2D eigenvalue weighted by atomic mass is 9.88. The van der Waals surface area contributed by atoms with E-state index in [0.29, 0.717) is 39.0 Å². The quantitative estimate of drug-likeness (QED) is 0.794. The fourth-order valence-electron chi connectivity index (χ4n) is 3.58. The summed E-state index contributed by atoms with van der Waals surface area (Å²) in [6.07, 6.45) is 2.28. The molecule has 1 saturated heterocycles. The van der Waals surface area contributed by atoms with E-state index < -0.39 is 10.0 Å². The summed E-state index contributed by atoms with van der Waals surface area (Å²) in [5, 5.41) is 0. The average Bonchev–Trinajstić information content (AvgIpc) is 2.94. The first-order valence-corrected chi connectivity index (χ1v) is 11.1. The molecule has 0 saturated carbocycles. The van der Waals surface area contributed by atoms with Gasteiger partial charge in [0.15, 0.2) is 0 Å². The summed E-state index contributed by atoms with van der Waals surface area (Å²) < 4.78 is 25.0. The van der Waals surface area contributed by atoms with Gasteiger partial charge in [-0.1, -0.05) is 60.7 Å². The highest BCUT2D eigenvalue weighted by Gasteiger charge is 2.26. The number of benzene rings is 2. The maximum absolute atomic E-state index is 13.0. The Bertz CT molecular complexity index is 814. The number of sulfonamides is 1. The van der Waals surface area contributed by atoms with Crippen LogP contribution in [0, 0.1) is 0 Å². The summed E-state index contributed by atoms with van der Waals surface area (Å²) in [6, 6.07) is 20.1. The van der Waals surface area contributed by atoms with Crippen LogP contribution >= 0.6 is 0 Å². The van der Waals surface area contributed by atoms with Crippen molar-refractivity contribution in [1.29, 1.82) is 0 Å². The fourth-order valence-corrected chi connectivity index (χ4v) is 4.45. The van der Waals surface area contributed by atoms with Crippen molar-refractivity contribution < 1.29 is 13.2 Å². The highest BCUT2D eigenvalue weighted by molar-refractivity contribution is 7.88. The van der Waals surface area contributed by atoms with Crippen LogP contribution in [0.2, 0.25) is 0 Å². The van der Waals surface area contributed by atoms with Crippen molar-refractivity contribution in [3.8, 4) is 0 Å². The Morgan fingerprint density at radius 2 is 1.44 bits per heavy atom. The smallest absolute Gasteiger partial charge is 0.223 e. The van der Waals surface area contributed by atoms with Crippen molar-refractivity contribution in [1.82, 2.24) is 9.21 Å². The van der Waals surface area contributed by atoms with E-state index in [4.69, 9.17) is 0 Å². The molecular formula is C21H26N2O3S. The van der Waals surface area contributed by atoms with Gasteiger partial charge in [-0.2, -0.15) is 0 Å². The summed E-state index contributed by atoms with van der Waals surface area (Å²) in [7, 11) is -3.21. The third-order valence-corrected chi connectivity index (χ3v) is 6.36. The third kappa shape index (κ3) is 5.17. The molecule has 0 unspecified atom stereocenters. The molecule has 1 heterocycles. The molecule has 0 atom stereocenters. The summed E-state index contributed by atoms with van der Waals surface area (Å²) in [5.74, 6) is 0.0669. The first kappa shape index (κ1) is 19.6. The molecule has 2 aromatic carbocycles. The molecule has 3 rings (SSSR count). The van der Waals surface area contributed by atoms with Crippen molar-refractivity contribution in [2.45, 2.75) is 18.8 Å². The second-order valence-corrected chi connectivity index (χ2v) is 8.96. The minimum atomic E-state index is -3.21. The molecule has 0 spiro atoms. The van der Waals surface area contributed by atoms with Gasteiger partial charge in [0.05, 0.1) is 6.26 Å². The molecule has 27 heavy (non-hydrogen) atoms. The first-order valence-electron chi connectivity index (χ1n) is 9.28. The van der Waals surface area contributed by atoms with Crippen LogP contribution in [0.15, 0.2) is 60.7 Å². The number of carbonyl (C=O) groups excluding carboxylic acids is 1. The van der Waals surface area contributed by atoms with Crippen LogP contribution in [0.4, 0.5) is 0 Å². The van der Waals surface area contributed by atoms with Gasteiger partial charge in [0, 0.05) is 38.5 Å². The summed E-state index contributed by atoms with van der Waals surface area (Å²) in [5.41, 5.74) is 2.23. The molecule has 1 aliphatic rings. The SMILES string of the molecule is CS(=O)(=O)N1CCCN(C(=O)CC(c2ccccc2)c2ccccc2)CC1. The van der Waals surface area contributed by atoms with Gasteiger partial charge < -0.3 is 4.90 Å². The van der Waals surface area contributed by atoms with Crippen molar-refractivity contribution in [2.75, 3.05) is 32.4 Å². The van der Waals surface area contributed by atoms with E-state index in [0.717, 1.165) is 11.1 Å². The van der Waals surface area contributed by atoms with Crippen LogP contribution in [-0.4, -0.2) is 56.0 Å². The molecule has 144 valence electrons. The summed E-state index contributed by atoms with van der Waals surface area (Å²) in [4.78, 5) is 14.8. The van der Waals surface area contributed by atoms with Crippen molar-refractivity contribution in [3.05, 3.63) is 71.8 Å². The zero-order chi connectivity index (χ0) is 19.3. The highest BCUT2D eigenvalue weighted by Crippen LogP contribution is 2.28. The number of carbonyl (C=O) groups is 1. The van der Waals surface area contributed by atoms with Gasteiger partial charge in [-0.3, -0.25) is 4.79 Å². The monoisotopic (exact) mass is 386 g/mol. The Labute approximate surface area is 161 Å². The van der Waals surface area contributed by atoms with Gasteiger partial charge in [-0.15, -0.1) is 0 Å². The second-order valence-electron chi connectivity index (χ2n) is 6.97. The number of nitrogens with zero attached hydrogens (tertiary/aromatic N) is 2. The largest absolute Gasteiger partial charge is 0.341 e. The van der Waals surface area contributed by atoms with E-state index >= 15 is 0 Å². The Balaban J connectivity index is 1.75. The van der Waals surface area contributed by atoms with Gasteiger partial charge in [-0.05, 0) is 17.5 Å². The molecule has 0 radical (unpaired) electrons. The van der Waals surface area contributed by atoms with Crippen LogP contribution in [0.1, 0.15) is 29.9 Å². The molecular weight excluding hydrogens is 360 g/mol. The molecule has 6 heteroatoms. The minimum Gasteiger partial charge on any atom is -0.341 e. The van der Waals surface area contributed by atoms with Crippen LogP contribution in [-0.2, 0) is 14.8 Å². The molecule has 0 aromatic heterocycles. The Kier molecular flexibility index (Phi) is 6.29.